The van der Waals surface area contributed by atoms with Crippen LogP contribution in [0.5, 0.6) is 5.75 Å². The topological polar surface area (TPSA) is 67.5 Å². The van der Waals surface area contributed by atoms with Gasteiger partial charge in [-0.1, -0.05) is 6.07 Å². The van der Waals surface area contributed by atoms with Gasteiger partial charge >= 0.3 is 6.09 Å². The van der Waals surface area contributed by atoms with E-state index in [2.05, 4.69) is 18.0 Å². The molecule has 4 rings (SSSR count). The second kappa shape index (κ2) is 7.09. The molecule has 2 heterocycles. The maximum absolute atomic E-state index is 12.8. The van der Waals surface area contributed by atoms with Gasteiger partial charge in [0.15, 0.2) is 23.0 Å². The molecule has 6 nitrogen and oxygen atoms in total. The van der Waals surface area contributed by atoms with Crippen LogP contribution in [0.3, 0.4) is 0 Å². The average molecular weight is 493 g/mol. The Morgan fingerprint density at radius 1 is 1.25 bits per heavy atom. The molecular weight excluding hydrogens is 469 g/mol. The fourth-order valence-corrected chi connectivity index (χ4v) is 4.15. The summed E-state index contributed by atoms with van der Waals surface area (Å²) in [6.45, 7) is 7.73. The molecule has 1 N–H and O–H groups in total. The number of halogens is 1. The molecule has 1 aromatic heterocycles. The molecule has 2 aromatic carbocycles. The van der Waals surface area contributed by atoms with E-state index in [1.165, 1.54) is 0 Å². The number of H-pyrrole nitrogens is 1. The van der Waals surface area contributed by atoms with Gasteiger partial charge in [-0.25, -0.2) is 9.78 Å². The van der Waals surface area contributed by atoms with Gasteiger partial charge in [0, 0.05) is 11.4 Å². The predicted octanol–water partition coefficient (Wildman–Crippen LogP) is 5.91. The Morgan fingerprint density at radius 2 is 2.04 bits per heavy atom. The van der Waals surface area contributed by atoms with E-state index in [1.54, 1.807) is 0 Å². The van der Waals surface area contributed by atoms with Gasteiger partial charge < -0.3 is 12.8 Å². The van der Waals surface area contributed by atoms with E-state index in [1.807, 2.05) is 72.9 Å². The molecule has 1 aliphatic rings. The van der Waals surface area contributed by atoms with Gasteiger partial charge in [0.25, 0.3) is 0 Å². The van der Waals surface area contributed by atoms with E-state index in [0.717, 1.165) is 46.2 Å². The van der Waals surface area contributed by atoms with Crippen molar-refractivity contribution in [2.24, 2.45) is 0 Å². The first-order valence-corrected chi connectivity index (χ1v) is 10.4. The molecule has 2 atom stereocenters. The Hall–Kier alpha value is -2.03. The smallest absolute Gasteiger partial charge is 0.411 e. The van der Waals surface area contributed by atoms with Crippen LogP contribution in [0.4, 0.5) is 4.79 Å². The minimum absolute atomic E-state index is 0.107. The average Bonchev–Trinajstić information content (AvgIpc) is 3.22. The van der Waals surface area contributed by atoms with Gasteiger partial charge in [-0.3, -0.25) is 4.90 Å². The van der Waals surface area contributed by atoms with Crippen molar-refractivity contribution in [2.75, 3.05) is 0 Å². The van der Waals surface area contributed by atoms with Gasteiger partial charge in [0.2, 0.25) is 0 Å². The molecule has 0 spiro atoms. The van der Waals surface area contributed by atoms with Gasteiger partial charge in [-0.2, -0.15) is 0 Å². The van der Waals surface area contributed by atoms with E-state index < -0.39 is 5.60 Å². The highest BCUT2D eigenvalue weighted by molar-refractivity contribution is 14.1. The molecule has 2 unspecified atom stereocenters. The number of hydrogen-bond donors (Lipinski definition) is 1. The van der Waals surface area contributed by atoms with Crippen LogP contribution in [-0.4, -0.2) is 32.6 Å². The van der Waals surface area contributed by atoms with Crippen molar-refractivity contribution in [3.8, 4) is 5.75 Å². The lowest BCUT2D eigenvalue weighted by Gasteiger charge is -2.30. The van der Waals surface area contributed by atoms with Gasteiger partial charge in [0.05, 0.1) is 17.1 Å². The van der Waals surface area contributed by atoms with Crippen molar-refractivity contribution >= 4 is 50.9 Å². The molecule has 0 bridgehead atoms. The molecule has 1 aliphatic heterocycles. The number of aromatic nitrogens is 2. The zero-order chi connectivity index (χ0) is 20.1. The molecular formula is C21H24IN3O3. The Kier molecular flexibility index (Phi) is 4.89. The number of hydrogen-bond acceptors (Lipinski definition) is 4. The molecule has 7 heteroatoms. The Morgan fingerprint density at radius 3 is 2.75 bits per heavy atom. The van der Waals surface area contributed by atoms with Crippen molar-refractivity contribution in [2.45, 2.75) is 58.2 Å². The second-order valence-corrected chi connectivity index (χ2v) is 8.81. The highest BCUT2D eigenvalue weighted by Gasteiger charge is 2.39. The zero-order valence-electron chi connectivity index (χ0n) is 16.5. The summed E-state index contributed by atoms with van der Waals surface area (Å²) in [7, 11) is 0. The minimum atomic E-state index is -0.521. The third-order valence-corrected chi connectivity index (χ3v) is 5.64. The molecule has 0 aliphatic carbocycles. The van der Waals surface area contributed by atoms with E-state index >= 15 is 0 Å². The number of nitrogens with one attached hydrogen (secondary N) is 1. The summed E-state index contributed by atoms with van der Waals surface area (Å²) < 4.78 is 10.9. The number of imidazole rings is 1. The normalized spacial score (nSPS) is 20.1. The second-order valence-electron chi connectivity index (χ2n) is 8.37. The maximum Gasteiger partial charge on any atom is 0.411 e. The number of benzene rings is 2. The van der Waals surface area contributed by atoms with Crippen molar-refractivity contribution in [1.82, 2.24) is 14.9 Å². The van der Waals surface area contributed by atoms with Crippen LogP contribution in [0.15, 0.2) is 30.3 Å². The molecule has 3 aromatic rings. The SMILES string of the molecule is CC1CCC(c2nc3c(ccc4cc(OI)ccc43)[nH]2)N1C(=O)OC(C)(C)C. The lowest BCUT2D eigenvalue weighted by atomic mass is 10.1. The Bertz CT molecular complexity index is 1040. The van der Waals surface area contributed by atoms with Gasteiger partial charge in [0.1, 0.15) is 17.2 Å². The summed E-state index contributed by atoms with van der Waals surface area (Å²) in [5.74, 6) is 1.62. The monoisotopic (exact) mass is 493 g/mol. The van der Waals surface area contributed by atoms with Crippen LogP contribution in [0.2, 0.25) is 0 Å². The van der Waals surface area contributed by atoms with E-state index in [9.17, 15) is 4.79 Å². The number of aromatic amines is 1. The molecule has 1 fully saturated rings. The Balaban J connectivity index is 1.73. The van der Waals surface area contributed by atoms with E-state index in [4.69, 9.17) is 12.8 Å². The van der Waals surface area contributed by atoms with Crippen molar-refractivity contribution in [1.29, 1.82) is 0 Å². The lowest BCUT2D eigenvalue weighted by molar-refractivity contribution is 0.0152. The standard InChI is InChI=1S/C21H24IN3O3/c1-12-5-10-17(25(12)20(26)27-21(2,3)4)19-23-16-9-6-13-11-14(28-22)7-8-15(13)18(16)24-19/h6-9,11-12,17H,5,10H2,1-4H3,(H,23,24). The number of carbonyl (C=O) groups excluding carboxylic acids is 1. The number of nitrogens with zero attached hydrogens (tertiary/aromatic N) is 2. The molecule has 28 heavy (non-hydrogen) atoms. The highest BCUT2D eigenvalue weighted by atomic mass is 127. The van der Waals surface area contributed by atoms with Crippen LogP contribution in [0.25, 0.3) is 21.8 Å². The maximum atomic E-state index is 12.8. The summed E-state index contributed by atoms with van der Waals surface area (Å²) in [4.78, 5) is 23.0. The first-order valence-electron chi connectivity index (χ1n) is 9.49. The van der Waals surface area contributed by atoms with Crippen LogP contribution in [0.1, 0.15) is 52.4 Å². The number of rotatable bonds is 2. The minimum Gasteiger partial charge on any atom is -0.444 e. The third kappa shape index (κ3) is 3.52. The van der Waals surface area contributed by atoms with E-state index in [0.29, 0.717) is 0 Å². The summed E-state index contributed by atoms with van der Waals surface area (Å²) in [6, 6.07) is 10.1. The van der Waals surface area contributed by atoms with Gasteiger partial charge in [-0.05, 0) is 70.2 Å². The quantitative estimate of drug-likeness (QED) is 0.451. The molecule has 0 saturated carbocycles. The largest absolute Gasteiger partial charge is 0.444 e. The number of ether oxygens (including phenoxy) is 1. The molecule has 1 amide bonds. The van der Waals surface area contributed by atoms with Crippen molar-refractivity contribution in [3.63, 3.8) is 0 Å². The fourth-order valence-electron chi connectivity index (χ4n) is 3.88. The number of fused-ring (bicyclic) bond motifs is 3. The fraction of sp³-hybridized carbons (Fsp3) is 0.429. The number of amides is 1. The summed E-state index contributed by atoms with van der Waals surface area (Å²) in [5.41, 5.74) is 1.36. The molecule has 1 saturated heterocycles. The third-order valence-electron chi connectivity index (χ3n) is 5.14. The first-order chi connectivity index (χ1) is 13.3. The first kappa shape index (κ1) is 19.3. The van der Waals surface area contributed by atoms with Gasteiger partial charge in [-0.15, -0.1) is 0 Å². The van der Waals surface area contributed by atoms with Crippen molar-refractivity contribution in [3.05, 3.63) is 36.2 Å². The highest BCUT2D eigenvalue weighted by Crippen LogP contribution is 2.37. The molecule has 0 radical (unpaired) electrons. The Labute approximate surface area is 178 Å². The van der Waals surface area contributed by atoms with Crippen LogP contribution in [-0.2, 0) is 4.74 Å². The predicted molar refractivity (Wildman–Crippen MR) is 118 cm³/mol. The number of likely N-dealkylation sites (tertiary alicyclic amines) is 1. The van der Waals surface area contributed by atoms with Crippen LogP contribution in [0, 0.1) is 0 Å². The van der Waals surface area contributed by atoms with E-state index in [-0.39, 0.29) is 18.2 Å². The summed E-state index contributed by atoms with van der Waals surface area (Å²) >= 11 is 1.88. The molecule has 148 valence electrons. The number of carbonyl (C=O) groups is 1. The zero-order valence-corrected chi connectivity index (χ0v) is 18.6. The summed E-state index contributed by atoms with van der Waals surface area (Å²) in [6.07, 6.45) is 1.51. The summed E-state index contributed by atoms with van der Waals surface area (Å²) in [5, 5.41) is 2.13. The van der Waals surface area contributed by atoms with Crippen LogP contribution < -0.4 is 3.07 Å². The lowest BCUT2D eigenvalue weighted by Crippen LogP contribution is -2.40. The van der Waals surface area contributed by atoms with Crippen LogP contribution >= 0.6 is 23.0 Å². The van der Waals surface area contributed by atoms with Crippen molar-refractivity contribution < 1.29 is 12.6 Å².